The van der Waals surface area contributed by atoms with Crippen LogP contribution in [0.1, 0.15) is 31.5 Å². The van der Waals surface area contributed by atoms with Crippen molar-refractivity contribution in [2.75, 3.05) is 5.32 Å². The molecule has 0 amide bonds. The first-order chi connectivity index (χ1) is 8.74. The van der Waals surface area contributed by atoms with Crippen LogP contribution in [0.3, 0.4) is 0 Å². The lowest BCUT2D eigenvalue weighted by molar-refractivity contribution is -0.141. The zero-order valence-corrected chi connectivity index (χ0v) is 10.5. The van der Waals surface area contributed by atoms with Gasteiger partial charge in [0.1, 0.15) is 17.6 Å². The Morgan fingerprint density at radius 2 is 2.05 bits per heavy atom. The zero-order valence-electron chi connectivity index (χ0n) is 10.5. The molecule has 0 aliphatic rings. The van der Waals surface area contributed by atoms with Crippen molar-refractivity contribution in [2.24, 2.45) is 0 Å². The van der Waals surface area contributed by atoms with E-state index in [0.717, 1.165) is 12.1 Å². The van der Waals surface area contributed by atoms with Gasteiger partial charge in [0, 0.05) is 6.04 Å². The molecule has 1 aromatic heterocycles. The molecule has 0 saturated carbocycles. The highest BCUT2D eigenvalue weighted by Gasteiger charge is 2.33. The Bertz CT molecular complexity index is 480. The van der Waals surface area contributed by atoms with Crippen LogP contribution in [0.25, 0.3) is 0 Å². The van der Waals surface area contributed by atoms with Gasteiger partial charge in [-0.15, -0.1) is 0 Å². The van der Waals surface area contributed by atoms with E-state index in [4.69, 9.17) is 5.26 Å². The van der Waals surface area contributed by atoms with Crippen molar-refractivity contribution < 1.29 is 18.3 Å². The van der Waals surface area contributed by atoms with Crippen molar-refractivity contribution in [1.82, 2.24) is 4.98 Å². The number of aromatic nitrogens is 1. The Balaban J connectivity index is 3.01. The maximum absolute atomic E-state index is 12.5. The molecule has 2 N–H and O–H groups in total. The van der Waals surface area contributed by atoms with Crippen LogP contribution in [-0.4, -0.2) is 22.2 Å². The minimum atomic E-state index is -4.56. The fourth-order valence-corrected chi connectivity index (χ4v) is 1.62. The highest BCUT2D eigenvalue weighted by atomic mass is 19.4. The van der Waals surface area contributed by atoms with Gasteiger partial charge < -0.3 is 10.4 Å². The summed E-state index contributed by atoms with van der Waals surface area (Å²) in [6.07, 6.45) is -4.82. The summed E-state index contributed by atoms with van der Waals surface area (Å²) in [6, 6.07) is 3.32. The average molecular weight is 273 g/mol. The van der Waals surface area contributed by atoms with Crippen LogP contribution >= 0.6 is 0 Å². The molecule has 104 valence electrons. The van der Waals surface area contributed by atoms with Crippen LogP contribution in [-0.2, 0) is 6.18 Å². The number of anilines is 1. The van der Waals surface area contributed by atoms with E-state index >= 15 is 0 Å². The van der Waals surface area contributed by atoms with Crippen LogP contribution in [0.15, 0.2) is 12.1 Å². The highest BCUT2D eigenvalue weighted by Crippen LogP contribution is 2.29. The van der Waals surface area contributed by atoms with Gasteiger partial charge >= 0.3 is 6.18 Å². The molecule has 0 saturated heterocycles. The molecule has 0 aliphatic carbocycles. The number of rotatable bonds is 4. The Kier molecular flexibility index (Phi) is 4.72. The number of hydrogen-bond donors (Lipinski definition) is 2. The molecule has 7 heteroatoms. The summed E-state index contributed by atoms with van der Waals surface area (Å²) in [5.74, 6) is -0.120. The topological polar surface area (TPSA) is 68.9 Å². The van der Waals surface area contributed by atoms with Gasteiger partial charge in [-0.1, -0.05) is 0 Å². The van der Waals surface area contributed by atoms with E-state index in [1.54, 1.807) is 19.9 Å². The van der Waals surface area contributed by atoms with E-state index in [0.29, 0.717) is 6.42 Å². The Morgan fingerprint density at radius 3 is 2.53 bits per heavy atom. The van der Waals surface area contributed by atoms with E-state index in [2.05, 4.69) is 10.3 Å². The largest absolute Gasteiger partial charge is 0.433 e. The van der Waals surface area contributed by atoms with E-state index in [1.807, 2.05) is 0 Å². The summed E-state index contributed by atoms with van der Waals surface area (Å²) < 4.78 is 37.6. The zero-order chi connectivity index (χ0) is 14.6. The summed E-state index contributed by atoms with van der Waals surface area (Å²) in [4.78, 5) is 3.42. The summed E-state index contributed by atoms with van der Waals surface area (Å²) in [5, 5.41) is 20.8. The smallest absolute Gasteiger partial charge is 0.393 e. The van der Waals surface area contributed by atoms with Gasteiger partial charge in [-0.2, -0.15) is 18.4 Å². The lowest BCUT2D eigenvalue weighted by Gasteiger charge is -2.17. The third kappa shape index (κ3) is 4.41. The second kappa shape index (κ2) is 5.89. The van der Waals surface area contributed by atoms with Gasteiger partial charge in [-0.25, -0.2) is 4.98 Å². The fourth-order valence-electron chi connectivity index (χ4n) is 1.62. The first-order valence-electron chi connectivity index (χ1n) is 5.67. The third-order valence-corrected chi connectivity index (χ3v) is 2.38. The van der Waals surface area contributed by atoms with Crippen molar-refractivity contribution in [3.8, 4) is 6.07 Å². The summed E-state index contributed by atoms with van der Waals surface area (Å²) in [5.41, 5.74) is -1.02. The minimum absolute atomic E-state index is 0.0328. The average Bonchev–Trinajstić information content (AvgIpc) is 2.26. The van der Waals surface area contributed by atoms with Gasteiger partial charge in [0.2, 0.25) is 0 Å². The number of nitrogens with one attached hydrogen (secondary N) is 1. The van der Waals surface area contributed by atoms with Gasteiger partial charge in [-0.05, 0) is 32.4 Å². The molecule has 0 bridgehead atoms. The summed E-state index contributed by atoms with van der Waals surface area (Å²) in [7, 11) is 0. The van der Waals surface area contributed by atoms with E-state index < -0.39 is 18.0 Å². The quantitative estimate of drug-likeness (QED) is 0.884. The SMILES string of the molecule is CC(O)CC(C)Nc1nc(C(F)(F)F)ccc1C#N. The number of nitriles is 1. The molecule has 0 radical (unpaired) electrons. The summed E-state index contributed by atoms with van der Waals surface area (Å²) >= 11 is 0. The Labute approximate surface area is 108 Å². The second-order valence-corrected chi connectivity index (χ2v) is 4.33. The molecular formula is C12H14F3N3O. The third-order valence-electron chi connectivity index (χ3n) is 2.38. The van der Waals surface area contributed by atoms with Crippen molar-refractivity contribution >= 4 is 5.82 Å². The number of alkyl halides is 3. The number of halogens is 3. The number of aliphatic hydroxyl groups excluding tert-OH is 1. The number of hydrogen-bond acceptors (Lipinski definition) is 4. The molecule has 2 unspecified atom stereocenters. The predicted octanol–water partition coefficient (Wildman–Crippen LogP) is 2.54. The maximum Gasteiger partial charge on any atom is 0.433 e. The first-order valence-corrected chi connectivity index (χ1v) is 5.67. The number of aliphatic hydroxyl groups is 1. The molecule has 19 heavy (non-hydrogen) atoms. The lowest BCUT2D eigenvalue weighted by atomic mass is 10.1. The molecular weight excluding hydrogens is 259 g/mol. The maximum atomic E-state index is 12.5. The summed E-state index contributed by atoms with van der Waals surface area (Å²) in [6.45, 7) is 3.26. The van der Waals surface area contributed by atoms with Crippen LogP contribution in [0, 0.1) is 11.3 Å². The van der Waals surface area contributed by atoms with Crippen LogP contribution in [0.5, 0.6) is 0 Å². The van der Waals surface area contributed by atoms with Crippen molar-refractivity contribution in [2.45, 2.75) is 38.6 Å². The molecule has 0 aliphatic heterocycles. The molecule has 1 aromatic rings. The highest BCUT2D eigenvalue weighted by molar-refractivity contribution is 5.53. The second-order valence-electron chi connectivity index (χ2n) is 4.33. The van der Waals surface area contributed by atoms with Crippen LogP contribution < -0.4 is 5.32 Å². The Hall–Kier alpha value is -1.81. The van der Waals surface area contributed by atoms with E-state index in [1.165, 1.54) is 0 Å². The standard InChI is InChI=1S/C12H14F3N3O/c1-7(5-8(2)19)17-11-9(6-16)3-4-10(18-11)12(13,14)15/h3-4,7-8,19H,5H2,1-2H3,(H,17,18). The van der Waals surface area contributed by atoms with Crippen LogP contribution in [0.4, 0.5) is 19.0 Å². The van der Waals surface area contributed by atoms with Gasteiger partial charge in [0.15, 0.2) is 0 Å². The molecule has 0 spiro atoms. The molecule has 1 heterocycles. The monoisotopic (exact) mass is 273 g/mol. The van der Waals surface area contributed by atoms with Gasteiger partial charge in [0.05, 0.1) is 11.7 Å². The molecule has 1 rings (SSSR count). The van der Waals surface area contributed by atoms with Crippen molar-refractivity contribution in [3.63, 3.8) is 0 Å². The minimum Gasteiger partial charge on any atom is -0.393 e. The molecule has 2 atom stereocenters. The van der Waals surface area contributed by atoms with E-state index in [9.17, 15) is 18.3 Å². The fraction of sp³-hybridized carbons (Fsp3) is 0.500. The normalized spacial score (nSPS) is 14.6. The number of nitrogens with zero attached hydrogens (tertiary/aromatic N) is 2. The van der Waals surface area contributed by atoms with Crippen molar-refractivity contribution in [1.29, 1.82) is 5.26 Å². The molecule has 4 nitrogen and oxygen atoms in total. The predicted molar refractivity (Wildman–Crippen MR) is 63.3 cm³/mol. The van der Waals surface area contributed by atoms with Crippen LogP contribution in [0.2, 0.25) is 0 Å². The van der Waals surface area contributed by atoms with Gasteiger partial charge in [0.25, 0.3) is 0 Å². The van der Waals surface area contributed by atoms with Gasteiger partial charge in [-0.3, -0.25) is 0 Å². The Morgan fingerprint density at radius 1 is 1.42 bits per heavy atom. The van der Waals surface area contributed by atoms with E-state index in [-0.39, 0.29) is 17.4 Å². The van der Waals surface area contributed by atoms with Crippen molar-refractivity contribution in [3.05, 3.63) is 23.4 Å². The lowest BCUT2D eigenvalue weighted by Crippen LogP contribution is -2.22. The molecule has 0 fully saturated rings. The molecule has 0 aromatic carbocycles. The first kappa shape index (κ1) is 15.2. The number of pyridine rings is 1.